The van der Waals surface area contributed by atoms with Crippen molar-refractivity contribution in [3.63, 3.8) is 0 Å². The molecule has 0 saturated heterocycles. The number of halogens is 3. The van der Waals surface area contributed by atoms with Gasteiger partial charge in [-0.2, -0.15) is 0 Å². The van der Waals surface area contributed by atoms with E-state index in [1.165, 1.54) is 12.8 Å². The van der Waals surface area contributed by atoms with E-state index >= 15 is 0 Å². The lowest BCUT2D eigenvalue weighted by Gasteiger charge is -2.39. The molecule has 1 saturated carbocycles. The molecule has 0 bridgehead atoms. The summed E-state index contributed by atoms with van der Waals surface area (Å²) >= 11 is 10.6. The number of hydrogen-bond donors (Lipinski definition) is 1. The molecule has 1 rings (SSSR count). The minimum absolute atomic E-state index is 0.106. The molecule has 0 radical (unpaired) electrons. The molecule has 0 spiro atoms. The molecule has 1 atom stereocenters. The lowest BCUT2D eigenvalue weighted by Crippen LogP contribution is -2.50. The van der Waals surface area contributed by atoms with Gasteiger partial charge in [0.1, 0.15) is 3.23 Å². The van der Waals surface area contributed by atoms with Crippen LogP contribution in [0.25, 0.3) is 0 Å². The molecule has 0 heterocycles. The number of hydrogen-bond acceptors (Lipinski definition) is 1. The normalized spacial score (nSPS) is 39.6. The second kappa shape index (κ2) is 3.04. The molecule has 1 fully saturated rings. The fourth-order valence-electron chi connectivity index (χ4n) is 1.12. The smallest absolute Gasteiger partial charge is 0.108 e. The van der Waals surface area contributed by atoms with E-state index in [9.17, 15) is 0 Å². The van der Waals surface area contributed by atoms with E-state index in [-0.39, 0.29) is 7.68 Å². The molecule has 10 heavy (non-hydrogen) atoms. The molecule has 1 unspecified atom stereocenters. The van der Waals surface area contributed by atoms with Crippen LogP contribution < -0.4 is 5.73 Å². The number of nitrogens with two attached hydrogens (primary N) is 1. The lowest BCUT2D eigenvalue weighted by molar-refractivity contribution is 0.414. The Hall–Kier alpha value is 1.40. The zero-order chi connectivity index (χ0) is 7.83. The van der Waals surface area contributed by atoms with Gasteiger partial charge in [0, 0.05) is 0 Å². The summed E-state index contributed by atoms with van der Waals surface area (Å²) in [7, 11) is 0. The van der Waals surface area contributed by atoms with Crippen LogP contribution in [-0.4, -0.2) is 7.68 Å². The second-order valence-corrected chi connectivity index (χ2v) is 7.96. The zero-order valence-corrected chi connectivity index (χ0v) is 10.3. The van der Waals surface area contributed by atoms with E-state index in [0.717, 1.165) is 12.8 Å². The van der Waals surface area contributed by atoms with Gasteiger partial charge in [-0.3, -0.25) is 0 Å². The van der Waals surface area contributed by atoms with Crippen LogP contribution in [-0.2, 0) is 0 Å². The van der Waals surface area contributed by atoms with Crippen molar-refractivity contribution in [3.8, 4) is 0 Å². The predicted molar refractivity (Wildman–Crippen MR) is 54.9 cm³/mol. The van der Waals surface area contributed by atoms with E-state index in [2.05, 4.69) is 47.8 Å². The third-order valence-corrected chi connectivity index (χ3v) is 6.23. The standard InChI is InChI=1S/C6H10Br3N/c7-5(8)3-1-2-4-6(5,9)10/h1-4,10H2. The van der Waals surface area contributed by atoms with Gasteiger partial charge in [0.15, 0.2) is 0 Å². The van der Waals surface area contributed by atoms with Gasteiger partial charge in [0.2, 0.25) is 0 Å². The molecule has 0 aromatic heterocycles. The van der Waals surface area contributed by atoms with Crippen LogP contribution in [0.3, 0.4) is 0 Å². The van der Waals surface area contributed by atoms with E-state index in [0.29, 0.717) is 0 Å². The third kappa shape index (κ3) is 1.76. The van der Waals surface area contributed by atoms with Gasteiger partial charge in [0.05, 0.1) is 4.45 Å². The van der Waals surface area contributed by atoms with Crippen LogP contribution in [0, 0.1) is 0 Å². The Morgan fingerprint density at radius 3 is 1.80 bits per heavy atom. The van der Waals surface area contributed by atoms with Gasteiger partial charge in [-0.1, -0.05) is 60.6 Å². The maximum atomic E-state index is 5.98. The fraction of sp³-hybridized carbons (Fsp3) is 1.00. The van der Waals surface area contributed by atoms with Crippen molar-refractivity contribution in [1.82, 2.24) is 0 Å². The van der Waals surface area contributed by atoms with Crippen LogP contribution in [0.1, 0.15) is 25.7 Å². The molecule has 1 aliphatic carbocycles. The molecule has 1 aliphatic rings. The summed E-state index contributed by atoms with van der Waals surface area (Å²) in [6.45, 7) is 0. The Kier molecular flexibility index (Phi) is 2.88. The Balaban J connectivity index is 2.70. The Bertz CT molecular complexity index is 117. The van der Waals surface area contributed by atoms with Crippen molar-refractivity contribution in [1.29, 1.82) is 0 Å². The third-order valence-electron chi connectivity index (χ3n) is 1.89. The summed E-state index contributed by atoms with van der Waals surface area (Å²) in [4.78, 5) is 0. The Morgan fingerprint density at radius 1 is 1.00 bits per heavy atom. The van der Waals surface area contributed by atoms with Gasteiger partial charge in [-0.15, -0.1) is 0 Å². The highest BCUT2D eigenvalue weighted by molar-refractivity contribution is 9.26. The van der Waals surface area contributed by atoms with Crippen LogP contribution >= 0.6 is 47.8 Å². The van der Waals surface area contributed by atoms with Gasteiger partial charge in [-0.25, -0.2) is 0 Å². The lowest BCUT2D eigenvalue weighted by atomic mass is 9.96. The molecular formula is C6H10Br3N. The molecular weight excluding hydrogens is 326 g/mol. The average Bonchev–Trinajstić information content (AvgIpc) is 1.77. The van der Waals surface area contributed by atoms with Crippen LogP contribution in [0.15, 0.2) is 0 Å². The predicted octanol–water partition coefficient (Wildman–Crippen LogP) is 3.10. The topological polar surface area (TPSA) is 26.0 Å². The summed E-state index contributed by atoms with van der Waals surface area (Å²) < 4.78 is -0.385. The monoisotopic (exact) mass is 333 g/mol. The van der Waals surface area contributed by atoms with Crippen LogP contribution in [0.5, 0.6) is 0 Å². The molecule has 1 nitrogen and oxygen atoms in total. The van der Waals surface area contributed by atoms with Crippen LogP contribution in [0.4, 0.5) is 0 Å². The second-order valence-electron chi connectivity index (χ2n) is 2.77. The number of alkyl halides is 3. The summed E-state index contributed by atoms with van der Waals surface area (Å²) in [6.07, 6.45) is 4.54. The van der Waals surface area contributed by atoms with E-state index in [4.69, 9.17) is 5.73 Å². The van der Waals surface area contributed by atoms with Crippen molar-refractivity contribution >= 4 is 47.8 Å². The summed E-state index contributed by atoms with van der Waals surface area (Å²) in [5.41, 5.74) is 5.98. The first-order valence-corrected chi connectivity index (χ1v) is 5.69. The van der Waals surface area contributed by atoms with Crippen molar-refractivity contribution < 1.29 is 0 Å². The first kappa shape index (κ1) is 9.49. The molecule has 0 amide bonds. The molecule has 0 aromatic rings. The molecule has 0 aliphatic heterocycles. The first-order valence-electron chi connectivity index (χ1n) is 3.31. The largest absolute Gasteiger partial charge is 0.314 e. The van der Waals surface area contributed by atoms with E-state index in [1.807, 2.05) is 0 Å². The average molecular weight is 336 g/mol. The summed E-state index contributed by atoms with van der Waals surface area (Å²) in [5, 5.41) is 0. The van der Waals surface area contributed by atoms with Crippen molar-refractivity contribution in [2.45, 2.75) is 33.4 Å². The molecule has 60 valence electrons. The summed E-state index contributed by atoms with van der Waals surface area (Å²) in [6, 6.07) is 0. The van der Waals surface area contributed by atoms with E-state index in [1.54, 1.807) is 0 Å². The van der Waals surface area contributed by atoms with Gasteiger partial charge in [-0.05, 0) is 12.8 Å². The van der Waals surface area contributed by atoms with Crippen molar-refractivity contribution in [2.24, 2.45) is 5.73 Å². The highest BCUT2D eigenvalue weighted by Crippen LogP contribution is 2.49. The van der Waals surface area contributed by atoms with E-state index < -0.39 is 0 Å². The highest BCUT2D eigenvalue weighted by Gasteiger charge is 2.45. The van der Waals surface area contributed by atoms with Gasteiger partial charge < -0.3 is 5.73 Å². The minimum Gasteiger partial charge on any atom is -0.314 e. The fourth-order valence-corrected chi connectivity index (χ4v) is 2.56. The SMILES string of the molecule is NC1(Br)CCCCC1(Br)Br. The molecule has 2 N–H and O–H groups in total. The van der Waals surface area contributed by atoms with Crippen molar-refractivity contribution in [3.05, 3.63) is 0 Å². The number of rotatable bonds is 0. The Morgan fingerprint density at radius 2 is 1.50 bits per heavy atom. The quantitative estimate of drug-likeness (QED) is 0.534. The highest BCUT2D eigenvalue weighted by atomic mass is 79.9. The molecule has 4 heteroatoms. The summed E-state index contributed by atoms with van der Waals surface area (Å²) in [5.74, 6) is 0. The first-order chi connectivity index (χ1) is 4.46. The maximum Gasteiger partial charge on any atom is 0.108 e. The van der Waals surface area contributed by atoms with Crippen molar-refractivity contribution in [2.75, 3.05) is 0 Å². The Labute approximate surface area is 86.5 Å². The zero-order valence-electron chi connectivity index (χ0n) is 5.54. The molecule has 0 aromatic carbocycles. The van der Waals surface area contributed by atoms with Gasteiger partial charge >= 0.3 is 0 Å². The van der Waals surface area contributed by atoms with Crippen LogP contribution in [0.2, 0.25) is 0 Å². The maximum absolute atomic E-state index is 5.98. The van der Waals surface area contributed by atoms with Gasteiger partial charge in [0.25, 0.3) is 0 Å². The minimum atomic E-state index is -0.280.